The number of rotatable bonds is 3. The number of imidazole rings is 1. The minimum atomic E-state index is -0.210. The largest absolute Gasteiger partial charge is 0.497 e. The third-order valence-electron chi connectivity index (χ3n) is 3.22. The summed E-state index contributed by atoms with van der Waals surface area (Å²) in [4.78, 5) is 15.0. The highest BCUT2D eigenvalue weighted by Crippen LogP contribution is 2.26. The van der Waals surface area contributed by atoms with Crippen LogP contribution in [0.3, 0.4) is 0 Å². The molecule has 1 aromatic heterocycles. The molecule has 3 rings (SSSR count). The molecular formula is C15H14N2O3. The summed E-state index contributed by atoms with van der Waals surface area (Å²) in [7, 11) is 3.18. The van der Waals surface area contributed by atoms with Crippen LogP contribution in [-0.4, -0.2) is 23.8 Å². The molecule has 0 spiro atoms. The van der Waals surface area contributed by atoms with Crippen LogP contribution in [0.2, 0.25) is 0 Å². The number of H-pyrrole nitrogens is 1. The fourth-order valence-corrected chi connectivity index (χ4v) is 2.26. The molecule has 0 radical (unpaired) electrons. The Balaban J connectivity index is 2.35. The second-order valence-electron chi connectivity index (χ2n) is 4.32. The van der Waals surface area contributed by atoms with Crippen LogP contribution >= 0.6 is 0 Å². The number of ether oxygens (including phenoxy) is 2. The van der Waals surface area contributed by atoms with Gasteiger partial charge in [0.25, 0.3) is 0 Å². The number of methoxy groups -OCH3 is 2. The number of aromatic nitrogens is 2. The summed E-state index contributed by atoms with van der Waals surface area (Å²) >= 11 is 0. The molecule has 0 saturated carbocycles. The molecule has 0 fully saturated rings. The molecule has 20 heavy (non-hydrogen) atoms. The number of benzene rings is 2. The van der Waals surface area contributed by atoms with Gasteiger partial charge in [-0.1, -0.05) is 12.1 Å². The highest BCUT2D eigenvalue weighted by molar-refractivity contribution is 5.79. The van der Waals surface area contributed by atoms with Gasteiger partial charge in [0.2, 0.25) is 0 Å². The van der Waals surface area contributed by atoms with Crippen molar-refractivity contribution < 1.29 is 9.47 Å². The first-order valence-corrected chi connectivity index (χ1v) is 6.17. The van der Waals surface area contributed by atoms with Crippen molar-refractivity contribution in [2.24, 2.45) is 0 Å². The van der Waals surface area contributed by atoms with Crippen LogP contribution in [0.25, 0.3) is 16.7 Å². The minimum Gasteiger partial charge on any atom is -0.497 e. The van der Waals surface area contributed by atoms with Crippen LogP contribution in [-0.2, 0) is 0 Å². The average Bonchev–Trinajstić information content (AvgIpc) is 2.81. The number of fused-ring (bicyclic) bond motifs is 1. The summed E-state index contributed by atoms with van der Waals surface area (Å²) in [6.45, 7) is 0. The monoisotopic (exact) mass is 270 g/mol. The van der Waals surface area contributed by atoms with Gasteiger partial charge < -0.3 is 14.5 Å². The van der Waals surface area contributed by atoms with E-state index in [0.717, 1.165) is 11.0 Å². The van der Waals surface area contributed by atoms with E-state index in [1.807, 2.05) is 42.5 Å². The fourth-order valence-electron chi connectivity index (χ4n) is 2.26. The van der Waals surface area contributed by atoms with Crippen molar-refractivity contribution in [2.45, 2.75) is 0 Å². The SMILES string of the molecule is COc1ccc2[nH]c(=O)n(-c3ccccc3OC)c2c1. The Bertz CT molecular complexity index is 817. The molecule has 3 aromatic rings. The van der Waals surface area contributed by atoms with Crippen LogP contribution < -0.4 is 15.2 Å². The van der Waals surface area contributed by atoms with E-state index in [4.69, 9.17) is 9.47 Å². The highest BCUT2D eigenvalue weighted by atomic mass is 16.5. The van der Waals surface area contributed by atoms with E-state index < -0.39 is 0 Å². The van der Waals surface area contributed by atoms with Crippen LogP contribution in [0.4, 0.5) is 0 Å². The number of hydrogen-bond donors (Lipinski definition) is 1. The molecule has 1 N–H and O–H groups in total. The summed E-state index contributed by atoms with van der Waals surface area (Å²) in [6, 6.07) is 12.8. The fraction of sp³-hybridized carbons (Fsp3) is 0.133. The molecule has 0 aliphatic carbocycles. The highest BCUT2D eigenvalue weighted by Gasteiger charge is 2.13. The van der Waals surface area contributed by atoms with Crippen molar-refractivity contribution in [1.29, 1.82) is 0 Å². The first kappa shape index (κ1) is 12.3. The van der Waals surface area contributed by atoms with Crippen molar-refractivity contribution in [3.63, 3.8) is 0 Å². The van der Waals surface area contributed by atoms with Crippen molar-refractivity contribution in [2.75, 3.05) is 14.2 Å². The van der Waals surface area contributed by atoms with Gasteiger partial charge in [-0.2, -0.15) is 0 Å². The van der Waals surface area contributed by atoms with E-state index in [2.05, 4.69) is 4.98 Å². The summed E-state index contributed by atoms with van der Waals surface area (Å²) < 4.78 is 12.1. The van der Waals surface area contributed by atoms with E-state index in [-0.39, 0.29) is 5.69 Å². The molecule has 0 aliphatic heterocycles. The molecule has 5 heteroatoms. The predicted octanol–water partition coefficient (Wildman–Crippen LogP) is 2.34. The molecule has 0 aliphatic rings. The molecule has 2 aromatic carbocycles. The van der Waals surface area contributed by atoms with E-state index in [9.17, 15) is 4.79 Å². The maximum absolute atomic E-state index is 12.2. The van der Waals surface area contributed by atoms with E-state index in [1.165, 1.54) is 0 Å². The third-order valence-corrected chi connectivity index (χ3v) is 3.22. The van der Waals surface area contributed by atoms with Crippen LogP contribution in [0.5, 0.6) is 11.5 Å². The standard InChI is InChI=1S/C15H14N2O3/c1-19-10-7-8-11-13(9-10)17(15(18)16-11)12-5-3-4-6-14(12)20-2/h3-9H,1-2H3,(H,16,18). The molecule has 0 saturated heterocycles. The summed E-state index contributed by atoms with van der Waals surface area (Å²) in [6.07, 6.45) is 0. The van der Waals surface area contributed by atoms with Gasteiger partial charge in [0.1, 0.15) is 11.5 Å². The summed E-state index contributed by atoms with van der Waals surface area (Å²) in [5.74, 6) is 1.33. The molecule has 0 bridgehead atoms. The molecule has 1 heterocycles. The van der Waals surface area contributed by atoms with Crippen molar-refractivity contribution in [1.82, 2.24) is 9.55 Å². The zero-order valence-corrected chi connectivity index (χ0v) is 11.2. The van der Waals surface area contributed by atoms with Crippen LogP contribution in [0.15, 0.2) is 47.3 Å². The zero-order valence-electron chi connectivity index (χ0n) is 11.2. The Labute approximate surface area is 115 Å². The Kier molecular flexibility index (Phi) is 2.95. The van der Waals surface area contributed by atoms with Gasteiger partial charge in [0.05, 0.1) is 30.9 Å². The van der Waals surface area contributed by atoms with Crippen molar-refractivity contribution in [3.8, 4) is 17.2 Å². The molecule has 5 nitrogen and oxygen atoms in total. The maximum Gasteiger partial charge on any atom is 0.331 e. The second-order valence-corrected chi connectivity index (χ2v) is 4.32. The van der Waals surface area contributed by atoms with E-state index in [0.29, 0.717) is 17.2 Å². The van der Waals surface area contributed by atoms with Gasteiger partial charge in [0, 0.05) is 6.07 Å². The number of aromatic amines is 1. The summed E-state index contributed by atoms with van der Waals surface area (Å²) in [5.41, 5.74) is 1.98. The zero-order chi connectivity index (χ0) is 14.1. The number of hydrogen-bond acceptors (Lipinski definition) is 3. The topological polar surface area (TPSA) is 56.2 Å². The van der Waals surface area contributed by atoms with Gasteiger partial charge in [-0.05, 0) is 24.3 Å². The first-order chi connectivity index (χ1) is 9.74. The van der Waals surface area contributed by atoms with Gasteiger partial charge in [-0.25, -0.2) is 4.79 Å². The van der Waals surface area contributed by atoms with E-state index in [1.54, 1.807) is 18.8 Å². The predicted molar refractivity (Wildman–Crippen MR) is 77.0 cm³/mol. The summed E-state index contributed by atoms with van der Waals surface area (Å²) in [5, 5.41) is 0. The lowest BCUT2D eigenvalue weighted by atomic mass is 10.2. The third kappa shape index (κ3) is 1.84. The maximum atomic E-state index is 12.2. The quantitative estimate of drug-likeness (QED) is 0.794. The number of para-hydroxylation sites is 2. The Morgan fingerprint density at radius 3 is 2.60 bits per heavy atom. The van der Waals surface area contributed by atoms with Gasteiger partial charge >= 0.3 is 5.69 Å². The van der Waals surface area contributed by atoms with E-state index >= 15 is 0 Å². The van der Waals surface area contributed by atoms with Crippen molar-refractivity contribution in [3.05, 3.63) is 52.9 Å². The second kappa shape index (κ2) is 4.77. The minimum absolute atomic E-state index is 0.210. The Morgan fingerprint density at radius 1 is 1.05 bits per heavy atom. The lowest BCUT2D eigenvalue weighted by Gasteiger charge is -2.09. The lowest BCUT2D eigenvalue weighted by molar-refractivity contribution is 0.412. The van der Waals surface area contributed by atoms with Gasteiger partial charge in [0.15, 0.2) is 0 Å². The number of nitrogens with zero attached hydrogens (tertiary/aromatic N) is 1. The molecule has 0 atom stereocenters. The first-order valence-electron chi connectivity index (χ1n) is 6.17. The normalized spacial score (nSPS) is 10.7. The van der Waals surface area contributed by atoms with Crippen LogP contribution in [0.1, 0.15) is 0 Å². The van der Waals surface area contributed by atoms with Gasteiger partial charge in [-0.15, -0.1) is 0 Å². The molecular weight excluding hydrogens is 256 g/mol. The van der Waals surface area contributed by atoms with Gasteiger partial charge in [-0.3, -0.25) is 4.57 Å². The Hall–Kier alpha value is -2.69. The molecule has 102 valence electrons. The average molecular weight is 270 g/mol. The Morgan fingerprint density at radius 2 is 1.85 bits per heavy atom. The number of nitrogens with one attached hydrogen (secondary N) is 1. The van der Waals surface area contributed by atoms with Crippen LogP contribution in [0, 0.1) is 0 Å². The molecule has 0 amide bonds. The lowest BCUT2D eigenvalue weighted by Crippen LogP contribution is -2.15. The smallest absolute Gasteiger partial charge is 0.331 e. The molecule has 0 unspecified atom stereocenters. The van der Waals surface area contributed by atoms with Crippen molar-refractivity contribution >= 4 is 11.0 Å².